The summed E-state index contributed by atoms with van der Waals surface area (Å²) in [5.41, 5.74) is 3.93. The number of sulfone groups is 1. The van der Waals surface area contributed by atoms with Crippen molar-refractivity contribution in [3.05, 3.63) is 82.6 Å². The van der Waals surface area contributed by atoms with Crippen molar-refractivity contribution >= 4 is 49.1 Å². The monoisotopic (exact) mass is 636 g/mol. The zero-order chi connectivity index (χ0) is 31.0. The van der Waals surface area contributed by atoms with Crippen LogP contribution in [0.15, 0.2) is 65.6 Å². The maximum atomic E-state index is 13.8. The predicted octanol–water partition coefficient (Wildman–Crippen LogP) is 3.61. The van der Waals surface area contributed by atoms with Crippen molar-refractivity contribution < 1.29 is 31.9 Å². The number of carbonyl (C=O) groups excluding carboxylic acids is 3. The normalized spacial score (nSPS) is 15.3. The molecule has 1 saturated carbocycles. The molecule has 2 aliphatic rings. The summed E-state index contributed by atoms with van der Waals surface area (Å²) >= 11 is 1.05. The van der Waals surface area contributed by atoms with Gasteiger partial charge in [-0.2, -0.15) is 0 Å². The molecule has 0 bridgehead atoms. The first kappa shape index (κ1) is 29.9. The number of aromatic nitrogens is 1. The first-order valence-corrected chi connectivity index (χ1v) is 16.4. The summed E-state index contributed by atoms with van der Waals surface area (Å²) in [6, 6.07) is 15.7. The lowest BCUT2D eigenvalue weighted by atomic mass is 10.0. The van der Waals surface area contributed by atoms with E-state index in [-0.39, 0.29) is 29.0 Å². The largest absolute Gasteiger partial charge is 0.383 e. The van der Waals surface area contributed by atoms with Crippen molar-refractivity contribution in [1.82, 2.24) is 20.5 Å². The molecule has 1 unspecified atom stereocenters. The Morgan fingerprint density at radius 3 is 2.52 bits per heavy atom. The molecule has 2 N–H and O–H groups in total. The fourth-order valence-electron chi connectivity index (χ4n) is 5.20. The number of carbonyl (C=O) groups is 3. The van der Waals surface area contributed by atoms with E-state index >= 15 is 0 Å². The number of halogens is 1. The van der Waals surface area contributed by atoms with Crippen LogP contribution in [0.5, 0.6) is 0 Å². The average molecular weight is 637 g/mol. The third kappa shape index (κ3) is 5.94. The van der Waals surface area contributed by atoms with Gasteiger partial charge in [-0.3, -0.25) is 14.4 Å². The standard InChI is InChI=1S/C31H29FN4O6S2/c1-42-13-12-33-27(37)16-34-29(38)28(44(40,41)23-8-4-21(32)5-9-23)30-35-25-11-3-19(15-26(25)43-30)18-2-10-24-20(14-18)17-36(31(24)39)22-6-7-22/h2-5,8-11,14-15,22,28H,6-7,12-13,16-17H2,1H3,(H,33,37)(H,34,38). The quantitative estimate of drug-likeness (QED) is 0.190. The van der Waals surface area contributed by atoms with E-state index in [2.05, 4.69) is 15.6 Å². The lowest BCUT2D eigenvalue weighted by Gasteiger charge is -2.16. The number of methoxy groups -OCH3 is 1. The van der Waals surface area contributed by atoms with Gasteiger partial charge in [-0.25, -0.2) is 17.8 Å². The van der Waals surface area contributed by atoms with Gasteiger partial charge in [0.05, 0.1) is 28.3 Å². The van der Waals surface area contributed by atoms with Crippen LogP contribution in [0, 0.1) is 5.82 Å². The number of benzene rings is 3. The van der Waals surface area contributed by atoms with E-state index < -0.39 is 39.3 Å². The molecule has 0 saturated heterocycles. The molecule has 3 aromatic carbocycles. The van der Waals surface area contributed by atoms with Gasteiger partial charge in [0, 0.05) is 31.8 Å². The third-order valence-corrected chi connectivity index (χ3v) is 10.8. The van der Waals surface area contributed by atoms with Crippen LogP contribution in [-0.4, -0.2) is 68.9 Å². The summed E-state index contributed by atoms with van der Waals surface area (Å²) in [6.45, 7) is 0.632. The molecule has 6 rings (SSSR count). The Hall–Kier alpha value is -4.20. The van der Waals surface area contributed by atoms with Gasteiger partial charge in [0.15, 0.2) is 15.1 Å². The third-order valence-electron chi connectivity index (χ3n) is 7.63. The molecule has 0 spiro atoms. The molecule has 228 valence electrons. The number of nitrogens with one attached hydrogen (secondary N) is 2. The van der Waals surface area contributed by atoms with Gasteiger partial charge in [-0.1, -0.05) is 12.1 Å². The number of rotatable bonds is 11. The second-order valence-corrected chi connectivity index (χ2v) is 13.8. The summed E-state index contributed by atoms with van der Waals surface area (Å²) in [4.78, 5) is 44.5. The molecular weight excluding hydrogens is 607 g/mol. The number of ether oxygens (including phenoxy) is 1. The minimum atomic E-state index is -4.39. The summed E-state index contributed by atoms with van der Waals surface area (Å²) < 4.78 is 46.7. The second kappa shape index (κ2) is 12.1. The van der Waals surface area contributed by atoms with Crippen LogP contribution in [0.1, 0.15) is 39.0 Å². The Kier molecular flexibility index (Phi) is 8.18. The highest BCUT2D eigenvalue weighted by Crippen LogP contribution is 2.38. The molecule has 1 atom stereocenters. The van der Waals surface area contributed by atoms with Gasteiger partial charge >= 0.3 is 0 Å². The fourth-order valence-corrected chi connectivity index (χ4v) is 8.18. The Morgan fingerprint density at radius 2 is 1.80 bits per heavy atom. The second-order valence-electron chi connectivity index (χ2n) is 10.7. The van der Waals surface area contributed by atoms with Gasteiger partial charge in [0.25, 0.3) is 5.91 Å². The van der Waals surface area contributed by atoms with Crippen molar-refractivity contribution in [1.29, 1.82) is 0 Å². The lowest BCUT2D eigenvalue weighted by Crippen LogP contribution is -2.41. The molecule has 13 heteroatoms. The van der Waals surface area contributed by atoms with Crippen LogP contribution in [0.3, 0.4) is 0 Å². The number of hydrogen-bond acceptors (Lipinski definition) is 8. The summed E-state index contributed by atoms with van der Waals surface area (Å²) in [5, 5.41) is 3.21. The Labute approximate surface area is 257 Å². The zero-order valence-electron chi connectivity index (χ0n) is 23.7. The topological polar surface area (TPSA) is 135 Å². The number of thiazole rings is 1. The molecular formula is C31H29FN4O6S2. The molecule has 4 aromatic rings. The highest BCUT2D eigenvalue weighted by Gasteiger charge is 2.39. The smallest absolute Gasteiger partial charge is 0.254 e. The van der Waals surface area contributed by atoms with Crippen LogP contribution in [0.25, 0.3) is 21.3 Å². The average Bonchev–Trinajstić information content (AvgIpc) is 3.68. The molecule has 2 heterocycles. The van der Waals surface area contributed by atoms with Gasteiger partial charge in [0.1, 0.15) is 10.8 Å². The van der Waals surface area contributed by atoms with Crippen molar-refractivity contribution in [3.8, 4) is 11.1 Å². The molecule has 10 nitrogen and oxygen atoms in total. The minimum absolute atomic E-state index is 0.0124. The first-order valence-electron chi connectivity index (χ1n) is 14.0. The number of nitrogens with zero attached hydrogens (tertiary/aromatic N) is 2. The maximum Gasteiger partial charge on any atom is 0.254 e. The van der Waals surface area contributed by atoms with Crippen molar-refractivity contribution in [2.45, 2.75) is 35.6 Å². The van der Waals surface area contributed by atoms with E-state index in [4.69, 9.17) is 4.74 Å². The molecule has 0 radical (unpaired) electrons. The van der Waals surface area contributed by atoms with Crippen molar-refractivity contribution in [2.75, 3.05) is 26.8 Å². The van der Waals surface area contributed by atoms with E-state index in [0.717, 1.165) is 65.1 Å². The zero-order valence-corrected chi connectivity index (χ0v) is 25.3. The molecule has 1 aromatic heterocycles. The van der Waals surface area contributed by atoms with E-state index in [1.165, 1.54) is 7.11 Å². The molecule has 1 fully saturated rings. The minimum Gasteiger partial charge on any atom is -0.383 e. The van der Waals surface area contributed by atoms with E-state index in [0.29, 0.717) is 28.4 Å². The summed E-state index contributed by atoms with van der Waals surface area (Å²) in [7, 11) is -2.91. The Morgan fingerprint density at radius 1 is 1.07 bits per heavy atom. The van der Waals surface area contributed by atoms with Crippen LogP contribution in [0.2, 0.25) is 0 Å². The van der Waals surface area contributed by atoms with Crippen LogP contribution < -0.4 is 10.6 Å². The highest BCUT2D eigenvalue weighted by molar-refractivity contribution is 7.92. The SMILES string of the molecule is COCCNC(=O)CNC(=O)C(c1nc2ccc(-c3ccc4c(c3)CN(C3CC3)C4=O)cc2s1)S(=O)(=O)c1ccc(F)cc1. The van der Waals surface area contributed by atoms with Crippen LogP contribution in [-0.2, 0) is 30.7 Å². The molecule has 1 aliphatic carbocycles. The molecule has 1 aliphatic heterocycles. The van der Waals surface area contributed by atoms with Gasteiger partial charge in [-0.05, 0) is 78.1 Å². The van der Waals surface area contributed by atoms with Crippen molar-refractivity contribution in [2.24, 2.45) is 0 Å². The maximum absolute atomic E-state index is 13.8. The number of hydrogen-bond donors (Lipinski definition) is 2. The van der Waals surface area contributed by atoms with Crippen molar-refractivity contribution in [3.63, 3.8) is 0 Å². The van der Waals surface area contributed by atoms with Gasteiger partial charge in [0.2, 0.25) is 11.8 Å². The van der Waals surface area contributed by atoms with Gasteiger partial charge in [-0.15, -0.1) is 11.3 Å². The van der Waals surface area contributed by atoms with Gasteiger partial charge < -0.3 is 20.3 Å². The van der Waals surface area contributed by atoms with Crippen LogP contribution >= 0.6 is 11.3 Å². The Balaban J connectivity index is 1.30. The highest BCUT2D eigenvalue weighted by atomic mass is 32.2. The summed E-state index contributed by atoms with van der Waals surface area (Å²) in [6.07, 6.45) is 2.07. The fraction of sp³-hybridized carbons (Fsp3) is 0.290. The summed E-state index contributed by atoms with van der Waals surface area (Å²) in [5.74, 6) is -2.00. The van der Waals surface area contributed by atoms with E-state index in [1.807, 2.05) is 35.2 Å². The number of amides is 3. The number of fused-ring (bicyclic) bond motifs is 2. The van der Waals surface area contributed by atoms with E-state index in [9.17, 15) is 27.2 Å². The molecule has 44 heavy (non-hydrogen) atoms. The van der Waals surface area contributed by atoms with Crippen LogP contribution in [0.4, 0.5) is 4.39 Å². The predicted molar refractivity (Wildman–Crippen MR) is 162 cm³/mol. The first-order chi connectivity index (χ1) is 21.2. The Bertz CT molecular complexity index is 1870. The lowest BCUT2D eigenvalue weighted by molar-refractivity contribution is -0.126. The molecule has 3 amide bonds. The van der Waals surface area contributed by atoms with E-state index in [1.54, 1.807) is 6.07 Å².